The molecule has 1 fully saturated rings. The molecule has 0 atom stereocenters. The van der Waals surface area contributed by atoms with Gasteiger partial charge in [0.15, 0.2) is 0 Å². The molecule has 1 aliphatic carbocycles. The van der Waals surface area contributed by atoms with Gasteiger partial charge in [-0.2, -0.15) is 0 Å². The Morgan fingerprint density at radius 1 is 1.44 bits per heavy atom. The predicted molar refractivity (Wildman–Crippen MR) is 64.7 cm³/mol. The standard InChI is InChI=1S/C12H15BrFNO/c1-16-7-9-5-10(13)4-8(11(9)14)6-12(15)2-3-12/h4-5H,2-3,6-7,15H2,1H3. The molecule has 2 N–H and O–H groups in total. The van der Waals surface area contributed by atoms with Crippen molar-refractivity contribution in [2.75, 3.05) is 7.11 Å². The van der Waals surface area contributed by atoms with Crippen LogP contribution in [-0.2, 0) is 17.8 Å². The van der Waals surface area contributed by atoms with E-state index in [4.69, 9.17) is 10.5 Å². The Morgan fingerprint density at radius 2 is 2.06 bits per heavy atom. The molecule has 1 saturated carbocycles. The van der Waals surface area contributed by atoms with Gasteiger partial charge in [0.2, 0.25) is 0 Å². The van der Waals surface area contributed by atoms with Gasteiger partial charge < -0.3 is 10.5 Å². The first-order chi connectivity index (χ1) is 7.54. The number of hydrogen-bond acceptors (Lipinski definition) is 2. The molecule has 0 saturated heterocycles. The molecule has 0 amide bonds. The Kier molecular flexibility index (Phi) is 3.33. The SMILES string of the molecule is COCc1cc(Br)cc(CC2(N)CC2)c1F. The maximum absolute atomic E-state index is 14.0. The number of nitrogens with two attached hydrogens (primary N) is 1. The second-order valence-corrected chi connectivity index (χ2v) is 5.43. The Balaban J connectivity index is 2.28. The Hall–Kier alpha value is -0.450. The quantitative estimate of drug-likeness (QED) is 0.924. The summed E-state index contributed by atoms with van der Waals surface area (Å²) in [5, 5.41) is 0. The van der Waals surface area contributed by atoms with E-state index in [0.29, 0.717) is 17.5 Å². The predicted octanol–water partition coefficient (Wildman–Crippen LogP) is 2.77. The Labute approximate surface area is 103 Å². The van der Waals surface area contributed by atoms with Crippen LogP contribution >= 0.6 is 15.9 Å². The number of halogens is 2. The van der Waals surface area contributed by atoms with Crippen molar-refractivity contribution in [3.8, 4) is 0 Å². The van der Waals surface area contributed by atoms with Gasteiger partial charge in [0.25, 0.3) is 0 Å². The van der Waals surface area contributed by atoms with E-state index < -0.39 is 0 Å². The lowest BCUT2D eigenvalue weighted by Gasteiger charge is -2.12. The molecule has 0 spiro atoms. The van der Waals surface area contributed by atoms with Crippen molar-refractivity contribution in [2.45, 2.75) is 31.4 Å². The average molecular weight is 288 g/mol. The zero-order valence-electron chi connectivity index (χ0n) is 9.22. The molecule has 1 aliphatic rings. The van der Waals surface area contributed by atoms with E-state index in [1.165, 1.54) is 0 Å². The van der Waals surface area contributed by atoms with E-state index in [-0.39, 0.29) is 18.0 Å². The molecule has 0 aromatic heterocycles. The highest BCUT2D eigenvalue weighted by atomic mass is 79.9. The van der Waals surface area contributed by atoms with Crippen LogP contribution in [0.4, 0.5) is 4.39 Å². The van der Waals surface area contributed by atoms with Gasteiger partial charge in [-0.15, -0.1) is 0 Å². The zero-order chi connectivity index (χ0) is 11.8. The molecule has 2 rings (SSSR count). The van der Waals surface area contributed by atoms with E-state index in [9.17, 15) is 4.39 Å². The van der Waals surface area contributed by atoms with E-state index in [2.05, 4.69) is 15.9 Å². The lowest BCUT2D eigenvalue weighted by atomic mass is 10.0. The van der Waals surface area contributed by atoms with Crippen molar-refractivity contribution in [3.05, 3.63) is 33.5 Å². The topological polar surface area (TPSA) is 35.2 Å². The van der Waals surface area contributed by atoms with E-state index in [0.717, 1.165) is 17.3 Å². The minimum Gasteiger partial charge on any atom is -0.380 e. The second kappa shape index (κ2) is 4.43. The first-order valence-corrected chi connectivity index (χ1v) is 6.08. The van der Waals surface area contributed by atoms with Crippen molar-refractivity contribution in [2.24, 2.45) is 5.73 Å². The summed E-state index contributed by atoms with van der Waals surface area (Å²) in [5.74, 6) is -0.179. The third kappa shape index (κ3) is 2.62. The second-order valence-electron chi connectivity index (χ2n) is 4.51. The highest BCUT2D eigenvalue weighted by molar-refractivity contribution is 9.10. The van der Waals surface area contributed by atoms with E-state index in [1.807, 2.05) is 0 Å². The van der Waals surface area contributed by atoms with Gasteiger partial charge in [-0.3, -0.25) is 0 Å². The molecule has 2 nitrogen and oxygen atoms in total. The van der Waals surface area contributed by atoms with Crippen molar-refractivity contribution >= 4 is 15.9 Å². The van der Waals surface area contributed by atoms with Crippen molar-refractivity contribution in [1.29, 1.82) is 0 Å². The summed E-state index contributed by atoms with van der Waals surface area (Å²) in [5.41, 5.74) is 7.10. The summed E-state index contributed by atoms with van der Waals surface area (Å²) >= 11 is 3.38. The van der Waals surface area contributed by atoms with Crippen LogP contribution in [0.1, 0.15) is 24.0 Å². The van der Waals surface area contributed by atoms with Gasteiger partial charge >= 0.3 is 0 Å². The van der Waals surface area contributed by atoms with Gasteiger partial charge in [-0.05, 0) is 37.0 Å². The Bertz CT molecular complexity index is 404. The molecule has 0 radical (unpaired) electrons. The van der Waals surface area contributed by atoms with Crippen LogP contribution in [0, 0.1) is 5.82 Å². The first-order valence-electron chi connectivity index (χ1n) is 5.29. The fourth-order valence-corrected chi connectivity index (χ4v) is 2.37. The van der Waals surface area contributed by atoms with Crippen LogP contribution in [0.5, 0.6) is 0 Å². The molecule has 1 aromatic carbocycles. The maximum atomic E-state index is 14.0. The number of methoxy groups -OCH3 is 1. The lowest BCUT2D eigenvalue weighted by molar-refractivity contribution is 0.181. The van der Waals surface area contributed by atoms with Crippen molar-refractivity contribution < 1.29 is 9.13 Å². The van der Waals surface area contributed by atoms with Crippen molar-refractivity contribution in [1.82, 2.24) is 0 Å². The summed E-state index contributed by atoms with van der Waals surface area (Å²) in [6.45, 7) is 0.288. The van der Waals surface area contributed by atoms with E-state index >= 15 is 0 Å². The summed E-state index contributed by atoms with van der Waals surface area (Å²) < 4.78 is 19.9. The highest BCUT2D eigenvalue weighted by Gasteiger charge is 2.38. The van der Waals surface area contributed by atoms with Crippen LogP contribution in [0.15, 0.2) is 16.6 Å². The minimum atomic E-state index is -0.179. The monoisotopic (exact) mass is 287 g/mol. The molecular formula is C12H15BrFNO. The van der Waals surface area contributed by atoms with Crippen LogP contribution in [0.3, 0.4) is 0 Å². The summed E-state index contributed by atoms with van der Waals surface area (Å²) in [7, 11) is 1.56. The summed E-state index contributed by atoms with van der Waals surface area (Å²) in [4.78, 5) is 0. The van der Waals surface area contributed by atoms with Crippen molar-refractivity contribution in [3.63, 3.8) is 0 Å². The van der Waals surface area contributed by atoms with Crippen LogP contribution < -0.4 is 5.73 Å². The third-order valence-corrected chi connectivity index (χ3v) is 3.38. The van der Waals surface area contributed by atoms with Gasteiger partial charge in [-0.25, -0.2) is 4.39 Å². The van der Waals surface area contributed by atoms with Gasteiger partial charge in [0.05, 0.1) is 6.61 Å². The van der Waals surface area contributed by atoms with Crippen LogP contribution in [0.25, 0.3) is 0 Å². The van der Waals surface area contributed by atoms with Gasteiger partial charge in [0, 0.05) is 22.7 Å². The highest BCUT2D eigenvalue weighted by Crippen LogP contribution is 2.37. The first kappa shape index (κ1) is 12.0. The molecule has 1 aromatic rings. The van der Waals surface area contributed by atoms with E-state index in [1.54, 1.807) is 19.2 Å². The fourth-order valence-electron chi connectivity index (χ4n) is 1.81. The smallest absolute Gasteiger partial charge is 0.132 e. The number of benzene rings is 1. The largest absolute Gasteiger partial charge is 0.380 e. The van der Waals surface area contributed by atoms with Gasteiger partial charge in [0.1, 0.15) is 5.82 Å². The van der Waals surface area contributed by atoms with Gasteiger partial charge in [-0.1, -0.05) is 15.9 Å². The molecule has 0 heterocycles. The molecule has 0 aliphatic heterocycles. The molecule has 16 heavy (non-hydrogen) atoms. The minimum absolute atomic E-state index is 0.175. The lowest BCUT2D eigenvalue weighted by Crippen LogP contribution is -2.25. The molecule has 4 heteroatoms. The average Bonchev–Trinajstić information content (AvgIpc) is 2.92. The molecular weight excluding hydrogens is 273 g/mol. The molecule has 88 valence electrons. The van der Waals surface area contributed by atoms with Crippen LogP contribution in [-0.4, -0.2) is 12.6 Å². The number of ether oxygens (including phenoxy) is 1. The molecule has 0 bridgehead atoms. The summed E-state index contributed by atoms with van der Waals surface area (Å²) in [6.07, 6.45) is 2.58. The van der Waals surface area contributed by atoms with Crippen LogP contribution in [0.2, 0.25) is 0 Å². The zero-order valence-corrected chi connectivity index (χ0v) is 10.8. The number of rotatable bonds is 4. The Morgan fingerprint density at radius 3 is 2.62 bits per heavy atom. The number of hydrogen-bond donors (Lipinski definition) is 1. The fraction of sp³-hybridized carbons (Fsp3) is 0.500. The normalized spacial score (nSPS) is 17.5. The maximum Gasteiger partial charge on any atom is 0.132 e. The third-order valence-electron chi connectivity index (χ3n) is 2.92. The molecule has 0 unspecified atom stereocenters. The summed E-state index contributed by atoms with van der Waals surface area (Å²) in [6, 6.07) is 3.56.